The van der Waals surface area contributed by atoms with Gasteiger partial charge in [0.2, 0.25) is 0 Å². The summed E-state index contributed by atoms with van der Waals surface area (Å²) in [6, 6.07) is 15.9. The van der Waals surface area contributed by atoms with E-state index in [2.05, 4.69) is 21.2 Å². The highest BCUT2D eigenvalue weighted by molar-refractivity contribution is 6.35. The fourth-order valence-corrected chi connectivity index (χ4v) is 1.91. The number of ether oxygens (including phenoxy) is 1. The molecular formula is C18H18N4O4. The van der Waals surface area contributed by atoms with E-state index in [0.29, 0.717) is 17.0 Å². The Balaban J connectivity index is 1.93. The smallest absolute Gasteiger partial charge is 0.329 e. The maximum Gasteiger partial charge on any atom is 0.329 e. The lowest BCUT2D eigenvalue weighted by Gasteiger charge is -2.09. The van der Waals surface area contributed by atoms with E-state index < -0.39 is 11.8 Å². The molecule has 0 radical (unpaired) electrons. The number of likely N-dealkylation sites (N-methyl/N-ethyl adjacent to an activating group) is 1. The average molecular weight is 354 g/mol. The first-order valence-corrected chi connectivity index (χ1v) is 7.72. The van der Waals surface area contributed by atoms with Gasteiger partial charge in [0.15, 0.2) is 6.61 Å². The number of para-hydroxylation sites is 2. The van der Waals surface area contributed by atoms with Crippen molar-refractivity contribution < 1.29 is 19.1 Å². The summed E-state index contributed by atoms with van der Waals surface area (Å²) in [5.41, 5.74) is 3.30. The molecule has 0 heterocycles. The second kappa shape index (κ2) is 9.58. The number of nitrogens with zero attached hydrogens (tertiary/aromatic N) is 1. The van der Waals surface area contributed by atoms with Crippen LogP contribution in [0.2, 0.25) is 0 Å². The third-order valence-electron chi connectivity index (χ3n) is 3.14. The van der Waals surface area contributed by atoms with Crippen LogP contribution in [0, 0.1) is 0 Å². The average Bonchev–Trinajstić information content (AvgIpc) is 2.67. The Morgan fingerprint density at radius 2 is 1.69 bits per heavy atom. The van der Waals surface area contributed by atoms with Crippen LogP contribution in [0.25, 0.3) is 0 Å². The van der Waals surface area contributed by atoms with Crippen LogP contribution in [0.5, 0.6) is 5.75 Å². The molecule has 8 nitrogen and oxygen atoms in total. The van der Waals surface area contributed by atoms with Crippen LogP contribution in [0.15, 0.2) is 59.7 Å². The van der Waals surface area contributed by atoms with Crippen molar-refractivity contribution in [3.05, 3.63) is 60.2 Å². The van der Waals surface area contributed by atoms with Crippen LogP contribution in [-0.4, -0.2) is 37.6 Å². The minimum atomic E-state index is -0.885. The molecule has 2 rings (SSSR count). The maximum atomic E-state index is 11.9. The number of hydrogen-bond acceptors (Lipinski definition) is 5. The number of amides is 3. The molecule has 0 aliphatic carbocycles. The zero-order chi connectivity index (χ0) is 18.8. The molecule has 0 bridgehead atoms. The topological polar surface area (TPSA) is 109 Å². The SMILES string of the molecule is CNC(=O)C(=O)N/N=C\c1ccccc1OCC(=O)Nc1ccccc1. The lowest BCUT2D eigenvalue weighted by molar-refractivity contribution is -0.138. The van der Waals surface area contributed by atoms with Gasteiger partial charge in [0.1, 0.15) is 5.75 Å². The summed E-state index contributed by atoms with van der Waals surface area (Å²) < 4.78 is 5.50. The molecule has 0 saturated heterocycles. The third kappa shape index (κ3) is 5.75. The number of rotatable bonds is 6. The van der Waals surface area contributed by atoms with Crippen LogP contribution in [0.1, 0.15) is 5.56 Å². The lowest BCUT2D eigenvalue weighted by Crippen LogP contribution is -2.35. The summed E-state index contributed by atoms with van der Waals surface area (Å²) in [7, 11) is 1.34. The first-order chi connectivity index (χ1) is 12.6. The van der Waals surface area contributed by atoms with Crippen molar-refractivity contribution in [2.45, 2.75) is 0 Å². The van der Waals surface area contributed by atoms with E-state index in [1.54, 1.807) is 36.4 Å². The van der Waals surface area contributed by atoms with Gasteiger partial charge >= 0.3 is 11.8 Å². The van der Waals surface area contributed by atoms with E-state index in [-0.39, 0.29) is 12.5 Å². The molecule has 0 saturated carbocycles. The molecule has 0 atom stereocenters. The monoisotopic (exact) mass is 354 g/mol. The quantitative estimate of drug-likeness (QED) is 0.407. The van der Waals surface area contributed by atoms with Gasteiger partial charge in [-0.25, -0.2) is 5.43 Å². The molecule has 2 aromatic carbocycles. The normalized spacial score (nSPS) is 10.2. The third-order valence-corrected chi connectivity index (χ3v) is 3.14. The number of anilines is 1. The molecule has 0 spiro atoms. The zero-order valence-corrected chi connectivity index (χ0v) is 14.1. The van der Waals surface area contributed by atoms with Gasteiger partial charge in [-0.2, -0.15) is 5.10 Å². The molecule has 0 aliphatic rings. The summed E-state index contributed by atoms with van der Waals surface area (Å²) in [6.45, 7) is -0.190. The van der Waals surface area contributed by atoms with E-state index in [4.69, 9.17) is 4.74 Å². The standard InChI is InChI=1S/C18H18N4O4/c1-19-17(24)18(25)22-20-11-13-7-5-6-10-15(13)26-12-16(23)21-14-8-3-2-4-9-14/h2-11H,12H2,1H3,(H,19,24)(H,21,23)(H,22,25)/b20-11-. The Morgan fingerprint density at radius 1 is 1.00 bits per heavy atom. The summed E-state index contributed by atoms with van der Waals surface area (Å²) >= 11 is 0. The molecule has 3 N–H and O–H groups in total. The largest absolute Gasteiger partial charge is 0.483 e. The van der Waals surface area contributed by atoms with E-state index in [0.717, 1.165) is 0 Å². The fraction of sp³-hybridized carbons (Fsp3) is 0.111. The highest BCUT2D eigenvalue weighted by Crippen LogP contribution is 2.16. The fourth-order valence-electron chi connectivity index (χ4n) is 1.91. The predicted octanol–water partition coefficient (Wildman–Crippen LogP) is 0.900. The van der Waals surface area contributed by atoms with Crippen molar-refractivity contribution in [2.24, 2.45) is 5.10 Å². The van der Waals surface area contributed by atoms with Gasteiger partial charge in [-0.05, 0) is 24.3 Å². The van der Waals surface area contributed by atoms with Crippen molar-refractivity contribution in [1.29, 1.82) is 0 Å². The molecule has 2 aromatic rings. The molecule has 0 aliphatic heterocycles. The Labute approximate surface area is 150 Å². The number of hydrazone groups is 1. The van der Waals surface area contributed by atoms with Gasteiger partial charge in [-0.3, -0.25) is 14.4 Å². The van der Waals surface area contributed by atoms with Crippen LogP contribution >= 0.6 is 0 Å². The molecule has 0 fully saturated rings. The zero-order valence-electron chi connectivity index (χ0n) is 14.1. The Hall–Kier alpha value is -3.68. The summed E-state index contributed by atoms with van der Waals surface area (Å²) in [5, 5.41) is 8.59. The molecule has 26 heavy (non-hydrogen) atoms. The number of carbonyl (C=O) groups is 3. The maximum absolute atomic E-state index is 11.9. The molecule has 0 unspecified atom stereocenters. The highest BCUT2D eigenvalue weighted by Gasteiger charge is 2.09. The van der Waals surface area contributed by atoms with Crippen LogP contribution < -0.4 is 20.8 Å². The second-order valence-electron chi connectivity index (χ2n) is 5.02. The minimum absolute atomic E-state index is 0.190. The van der Waals surface area contributed by atoms with Crippen molar-refractivity contribution in [1.82, 2.24) is 10.7 Å². The number of nitrogens with one attached hydrogen (secondary N) is 3. The minimum Gasteiger partial charge on any atom is -0.483 e. The first kappa shape index (κ1) is 18.7. The molecule has 8 heteroatoms. The summed E-state index contributed by atoms with van der Waals surface area (Å²) in [4.78, 5) is 34.3. The molecule has 0 aromatic heterocycles. The Morgan fingerprint density at radius 3 is 2.42 bits per heavy atom. The number of hydrogen-bond donors (Lipinski definition) is 3. The van der Waals surface area contributed by atoms with Gasteiger partial charge in [0, 0.05) is 18.3 Å². The van der Waals surface area contributed by atoms with Gasteiger partial charge < -0.3 is 15.4 Å². The predicted molar refractivity (Wildman–Crippen MR) is 96.8 cm³/mol. The van der Waals surface area contributed by atoms with E-state index in [1.165, 1.54) is 13.3 Å². The molecular weight excluding hydrogens is 336 g/mol. The van der Waals surface area contributed by atoms with Crippen molar-refractivity contribution in [3.63, 3.8) is 0 Å². The van der Waals surface area contributed by atoms with E-state index in [9.17, 15) is 14.4 Å². The van der Waals surface area contributed by atoms with Crippen molar-refractivity contribution >= 4 is 29.6 Å². The van der Waals surface area contributed by atoms with Gasteiger partial charge in [-0.15, -0.1) is 0 Å². The summed E-state index contributed by atoms with van der Waals surface area (Å²) in [5.74, 6) is -1.59. The van der Waals surface area contributed by atoms with Crippen molar-refractivity contribution in [3.8, 4) is 5.75 Å². The van der Waals surface area contributed by atoms with Gasteiger partial charge in [0.05, 0.1) is 6.21 Å². The molecule has 3 amide bonds. The van der Waals surface area contributed by atoms with E-state index >= 15 is 0 Å². The lowest BCUT2D eigenvalue weighted by atomic mass is 10.2. The van der Waals surface area contributed by atoms with E-state index in [1.807, 2.05) is 18.2 Å². The number of benzene rings is 2. The van der Waals surface area contributed by atoms with Crippen molar-refractivity contribution in [2.75, 3.05) is 19.0 Å². The number of carbonyl (C=O) groups excluding carboxylic acids is 3. The highest BCUT2D eigenvalue weighted by atomic mass is 16.5. The van der Waals surface area contributed by atoms with Crippen LogP contribution in [0.3, 0.4) is 0 Å². The first-order valence-electron chi connectivity index (χ1n) is 7.72. The Kier molecular flexibility index (Phi) is 6.87. The summed E-state index contributed by atoms with van der Waals surface area (Å²) in [6.07, 6.45) is 1.32. The molecule has 134 valence electrons. The van der Waals surface area contributed by atoms with Crippen LogP contribution in [-0.2, 0) is 14.4 Å². The van der Waals surface area contributed by atoms with Crippen LogP contribution in [0.4, 0.5) is 5.69 Å². The second-order valence-corrected chi connectivity index (χ2v) is 5.02. The Bertz CT molecular complexity index is 806. The van der Waals surface area contributed by atoms with Gasteiger partial charge in [-0.1, -0.05) is 30.3 Å². The van der Waals surface area contributed by atoms with Gasteiger partial charge in [0.25, 0.3) is 5.91 Å².